The van der Waals surface area contributed by atoms with Gasteiger partial charge in [-0.3, -0.25) is 9.63 Å². The van der Waals surface area contributed by atoms with Gasteiger partial charge >= 0.3 is 0 Å². The van der Waals surface area contributed by atoms with Crippen molar-refractivity contribution in [2.45, 2.75) is 94.4 Å². The average Bonchev–Trinajstić information content (AvgIpc) is 2.38. The predicted molar refractivity (Wildman–Crippen MR) is 113 cm³/mol. The van der Waals surface area contributed by atoms with E-state index in [-0.39, 0.29) is 16.7 Å². The summed E-state index contributed by atoms with van der Waals surface area (Å²) >= 11 is 0. The van der Waals surface area contributed by atoms with E-state index >= 15 is 0 Å². The van der Waals surface area contributed by atoms with Crippen LogP contribution in [0.25, 0.3) is 0 Å². The topological polar surface area (TPSA) is 29.5 Å². The zero-order valence-electron chi connectivity index (χ0n) is 19.5. The minimum absolute atomic E-state index is 0.0350. The van der Waals surface area contributed by atoms with Crippen molar-refractivity contribution in [2.75, 3.05) is 14.2 Å². The van der Waals surface area contributed by atoms with Gasteiger partial charge in [-0.05, 0) is 47.3 Å². The van der Waals surface area contributed by atoms with E-state index in [0.717, 1.165) is 19.3 Å². The largest absolute Gasteiger partial charge is 0.275 e. The first kappa shape index (κ1) is 25.2. The van der Waals surface area contributed by atoms with Crippen LogP contribution in [0.5, 0.6) is 0 Å². The van der Waals surface area contributed by atoms with E-state index in [1.54, 1.807) is 7.05 Å². The molecule has 0 rings (SSSR count). The Morgan fingerprint density at radius 3 is 1.62 bits per heavy atom. The molecule has 0 N–H and O–H groups in total. The predicted octanol–water partition coefficient (Wildman–Crippen LogP) is 6.64. The molecule has 0 aromatic heterocycles. The summed E-state index contributed by atoms with van der Waals surface area (Å²) in [6, 6.07) is 0. The Kier molecular flexibility index (Phi) is 9.09. The lowest BCUT2D eigenvalue weighted by atomic mass is 9.71. The van der Waals surface area contributed by atoms with Crippen LogP contribution < -0.4 is 0 Å². The quantitative estimate of drug-likeness (QED) is 0.320. The summed E-state index contributed by atoms with van der Waals surface area (Å²) in [7, 11) is 3.20. The van der Waals surface area contributed by atoms with Gasteiger partial charge < -0.3 is 0 Å². The van der Waals surface area contributed by atoms with Gasteiger partial charge in [-0.25, -0.2) is 5.06 Å². The van der Waals surface area contributed by atoms with Gasteiger partial charge in [0.05, 0.1) is 7.11 Å². The molecule has 0 aromatic rings. The van der Waals surface area contributed by atoms with Crippen molar-refractivity contribution >= 4 is 5.91 Å². The average molecular weight is 368 g/mol. The second kappa shape index (κ2) is 9.39. The van der Waals surface area contributed by atoms with Crippen LogP contribution in [-0.4, -0.2) is 25.1 Å². The van der Waals surface area contributed by atoms with Crippen LogP contribution >= 0.6 is 0 Å². The third kappa shape index (κ3) is 11.7. The van der Waals surface area contributed by atoms with E-state index in [1.807, 2.05) is 0 Å². The highest BCUT2D eigenvalue weighted by Gasteiger charge is 2.31. The molecule has 0 aromatic carbocycles. The standard InChI is InChI=1S/C23H45NO2/c1-20(2,3)17-21(4,5)14-12-13-15-22(6,7)18-23(8,9)16-19(25)24(10)26-11/h12-13H,14-18H2,1-11H3/b13-12-. The summed E-state index contributed by atoms with van der Waals surface area (Å²) in [5.41, 5.74) is 0.810. The minimum Gasteiger partial charge on any atom is -0.275 e. The van der Waals surface area contributed by atoms with Crippen LogP contribution in [0.2, 0.25) is 0 Å². The van der Waals surface area contributed by atoms with Crippen LogP contribution in [0.15, 0.2) is 12.2 Å². The van der Waals surface area contributed by atoms with Gasteiger partial charge in [0.1, 0.15) is 0 Å². The molecule has 0 saturated heterocycles. The molecule has 1 amide bonds. The maximum atomic E-state index is 12.1. The third-order valence-corrected chi connectivity index (χ3v) is 4.73. The lowest BCUT2D eigenvalue weighted by Crippen LogP contribution is -2.32. The number of rotatable bonds is 10. The summed E-state index contributed by atoms with van der Waals surface area (Å²) in [5, 5.41) is 1.33. The molecule has 154 valence electrons. The normalized spacial score (nSPS) is 14.1. The lowest BCUT2D eigenvalue weighted by molar-refractivity contribution is -0.171. The first-order valence-electron chi connectivity index (χ1n) is 9.94. The molecule has 0 aliphatic heterocycles. The highest BCUT2D eigenvalue weighted by atomic mass is 16.7. The molecule has 0 fully saturated rings. The van der Waals surface area contributed by atoms with Crippen molar-refractivity contribution in [1.29, 1.82) is 0 Å². The number of carbonyl (C=O) groups is 1. The molecule has 3 heteroatoms. The second-order valence-corrected chi connectivity index (χ2v) is 11.5. The Hall–Kier alpha value is -0.830. The molecule has 0 bridgehead atoms. The molecule has 0 saturated carbocycles. The second-order valence-electron chi connectivity index (χ2n) is 11.5. The first-order valence-corrected chi connectivity index (χ1v) is 9.94. The van der Waals surface area contributed by atoms with Crippen molar-refractivity contribution < 1.29 is 9.63 Å². The minimum atomic E-state index is -0.0489. The fourth-order valence-corrected chi connectivity index (χ4v) is 4.37. The monoisotopic (exact) mass is 367 g/mol. The van der Waals surface area contributed by atoms with Crippen molar-refractivity contribution in [3.05, 3.63) is 12.2 Å². The van der Waals surface area contributed by atoms with E-state index in [4.69, 9.17) is 4.84 Å². The number of allylic oxidation sites excluding steroid dienone is 2. The molecule has 0 unspecified atom stereocenters. The van der Waals surface area contributed by atoms with Gasteiger partial charge in [0.25, 0.3) is 0 Å². The lowest BCUT2D eigenvalue weighted by Gasteiger charge is -2.35. The molecule has 0 radical (unpaired) electrons. The highest BCUT2D eigenvalue weighted by Crippen LogP contribution is 2.40. The van der Waals surface area contributed by atoms with Crippen molar-refractivity contribution in [3.8, 4) is 0 Å². The van der Waals surface area contributed by atoms with Gasteiger partial charge in [0.15, 0.2) is 0 Å². The van der Waals surface area contributed by atoms with Crippen molar-refractivity contribution in [1.82, 2.24) is 5.06 Å². The van der Waals surface area contributed by atoms with Crippen molar-refractivity contribution in [2.24, 2.45) is 21.7 Å². The Morgan fingerprint density at radius 2 is 1.23 bits per heavy atom. The zero-order valence-corrected chi connectivity index (χ0v) is 19.5. The Balaban J connectivity index is 4.62. The van der Waals surface area contributed by atoms with E-state index in [0.29, 0.717) is 17.3 Å². The Morgan fingerprint density at radius 1 is 0.808 bits per heavy atom. The van der Waals surface area contributed by atoms with E-state index < -0.39 is 0 Å². The fraction of sp³-hybridized carbons (Fsp3) is 0.870. The maximum Gasteiger partial charge on any atom is 0.246 e. The van der Waals surface area contributed by atoms with Gasteiger partial charge in [-0.1, -0.05) is 74.5 Å². The summed E-state index contributed by atoms with van der Waals surface area (Å²) in [6.45, 7) is 20.6. The third-order valence-electron chi connectivity index (χ3n) is 4.73. The summed E-state index contributed by atoms with van der Waals surface area (Å²) in [4.78, 5) is 17.2. The molecule has 26 heavy (non-hydrogen) atoms. The smallest absolute Gasteiger partial charge is 0.246 e. The Bertz CT molecular complexity index is 467. The number of carbonyl (C=O) groups excluding carboxylic acids is 1. The molecule has 0 heterocycles. The molecular weight excluding hydrogens is 322 g/mol. The highest BCUT2D eigenvalue weighted by molar-refractivity contribution is 5.75. The van der Waals surface area contributed by atoms with Gasteiger partial charge in [-0.15, -0.1) is 0 Å². The van der Waals surface area contributed by atoms with Crippen LogP contribution in [-0.2, 0) is 9.63 Å². The Labute approximate surface area is 163 Å². The molecule has 0 atom stereocenters. The molecule has 0 aliphatic rings. The van der Waals surface area contributed by atoms with Crippen molar-refractivity contribution in [3.63, 3.8) is 0 Å². The molecule has 3 nitrogen and oxygen atoms in total. The summed E-state index contributed by atoms with van der Waals surface area (Å²) in [6.07, 6.45) is 9.56. The van der Waals surface area contributed by atoms with Gasteiger partial charge in [-0.2, -0.15) is 0 Å². The summed E-state index contributed by atoms with van der Waals surface area (Å²) < 4.78 is 0. The van der Waals surface area contributed by atoms with Crippen LogP contribution in [0.3, 0.4) is 0 Å². The first-order chi connectivity index (χ1) is 11.5. The number of hydroxylamine groups is 2. The van der Waals surface area contributed by atoms with Gasteiger partial charge in [0.2, 0.25) is 5.91 Å². The number of amides is 1. The number of hydrogen-bond acceptors (Lipinski definition) is 2. The molecular formula is C23H45NO2. The van der Waals surface area contributed by atoms with Crippen LogP contribution in [0, 0.1) is 21.7 Å². The van der Waals surface area contributed by atoms with E-state index in [2.05, 4.69) is 74.5 Å². The maximum absolute atomic E-state index is 12.1. The molecule has 0 aliphatic carbocycles. The SMILES string of the molecule is CON(C)C(=O)CC(C)(C)CC(C)(C)C/C=C\CC(C)(C)CC(C)(C)C. The van der Waals surface area contributed by atoms with Gasteiger partial charge in [0, 0.05) is 13.5 Å². The van der Waals surface area contributed by atoms with Crippen LogP contribution in [0.1, 0.15) is 94.4 Å². The van der Waals surface area contributed by atoms with E-state index in [9.17, 15) is 4.79 Å². The fourth-order valence-electron chi connectivity index (χ4n) is 4.37. The molecule has 0 spiro atoms. The zero-order chi connectivity index (χ0) is 20.8. The number of hydrogen-bond donors (Lipinski definition) is 0. The van der Waals surface area contributed by atoms with Crippen LogP contribution in [0.4, 0.5) is 0 Å². The number of nitrogens with zero attached hydrogens (tertiary/aromatic N) is 1. The van der Waals surface area contributed by atoms with E-state index in [1.165, 1.54) is 18.6 Å². The summed E-state index contributed by atoms with van der Waals surface area (Å²) in [5.74, 6) is 0.0350.